The van der Waals surface area contributed by atoms with E-state index in [1.54, 1.807) is 31.2 Å². The zero-order valence-corrected chi connectivity index (χ0v) is 12.2. The Morgan fingerprint density at radius 2 is 2.10 bits per heavy atom. The Hall–Kier alpha value is -2.43. The van der Waals surface area contributed by atoms with Crippen LogP contribution in [0, 0.1) is 12.7 Å². The van der Waals surface area contributed by atoms with E-state index in [1.807, 2.05) is 6.92 Å². The Labute approximate surface area is 123 Å². The van der Waals surface area contributed by atoms with Gasteiger partial charge in [-0.25, -0.2) is 4.39 Å². The van der Waals surface area contributed by atoms with Crippen LogP contribution in [0.2, 0.25) is 0 Å². The number of rotatable bonds is 4. The van der Waals surface area contributed by atoms with Crippen LogP contribution in [-0.4, -0.2) is 18.0 Å². The summed E-state index contributed by atoms with van der Waals surface area (Å²) in [5, 5.41) is 2.81. The summed E-state index contributed by atoms with van der Waals surface area (Å²) in [5.74, 6) is -0.515. The standard InChI is InChI=1S/C16H17FN2O2/c1-10-4-5-13(9-18-10)16(20)19-11(2)12-6-7-15(21-3)14(17)8-12/h4-9,11H,1-3H3,(H,19,20). The van der Waals surface area contributed by atoms with Gasteiger partial charge in [0.1, 0.15) is 0 Å². The lowest BCUT2D eigenvalue weighted by molar-refractivity contribution is 0.0939. The summed E-state index contributed by atoms with van der Waals surface area (Å²) in [5.41, 5.74) is 1.99. The number of carbonyl (C=O) groups excluding carboxylic acids is 1. The molecule has 0 fully saturated rings. The predicted molar refractivity (Wildman–Crippen MR) is 77.8 cm³/mol. The van der Waals surface area contributed by atoms with E-state index in [-0.39, 0.29) is 17.7 Å². The Balaban J connectivity index is 2.10. The largest absolute Gasteiger partial charge is 0.494 e. The molecule has 2 rings (SSSR count). The molecule has 0 spiro atoms. The molecule has 0 aliphatic heterocycles. The molecule has 21 heavy (non-hydrogen) atoms. The first kappa shape index (κ1) is 15.0. The number of aromatic nitrogens is 1. The van der Waals surface area contributed by atoms with E-state index >= 15 is 0 Å². The Bertz CT molecular complexity index is 641. The van der Waals surface area contributed by atoms with Gasteiger partial charge in [-0.15, -0.1) is 0 Å². The molecule has 5 heteroatoms. The molecular weight excluding hydrogens is 271 g/mol. The minimum Gasteiger partial charge on any atom is -0.494 e. The highest BCUT2D eigenvalue weighted by atomic mass is 19.1. The van der Waals surface area contributed by atoms with Gasteiger partial charge in [0.2, 0.25) is 0 Å². The molecule has 1 N–H and O–H groups in total. The first-order valence-corrected chi connectivity index (χ1v) is 6.58. The van der Waals surface area contributed by atoms with Crippen molar-refractivity contribution >= 4 is 5.91 Å². The first-order valence-electron chi connectivity index (χ1n) is 6.58. The van der Waals surface area contributed by atoms with Crippen molar-refractivity contribution < 1.29 is 13.9 Å². The first-order chi connectivity index (χ1) is 10.0. The number of aryl methyl sites for hydroxylation is 1. The molecule has 0 aliphatic carbocycles. The number of methoxy groups -OCH3 is 1. The summed E-state index contributed by atoms with van der Waals surface area (Å²) in [6.45, 7) is 3.64. The lowest BCUT2D eigenvalue weighted by Gasteiger charge is -2.15. The highest BCUT2D eigenvalue weighted by Crippen LogP contribution is 2.21. The van der Waals surface area contributed by atoms with E-state index in [0.29, 0.717) is 11.1 Å². The molecule has 4 nitrogen and oxygen atoms in total. The topological polar surface area (TPSA) is 51.2 Å². The highest BCUT2D eigenvalue weighted by molar-refractivity contribution is 5.94. The molecule has 110 valence electrons. The molecule has 0 saturated carbocycles. The number of nitrogens with zero attached hydrogens (tertiary/aromatic N) is 1. The van der Waals surface area contributed by atoms with E-state index in [0.717, 1.165) is 5.69 Å². The summed E-state index contributed by atoms with van der Waals surface area (Å²) in [6, 6.07) is 7.78. The second-order valence-electron chi connectivity index (χ2n) is 4.78. The normalized spacial score (nSPS) is 11.8. The van der Waals surface area contributed by atoms with Crippen LogP contribution in [0.25, 0.3) is 0 Å². The monoisotopic (exact) mass is 288 g/mol. The van der Waals surface area contributed by atoms with Gasteiger partial charge in [0, 0.05) is 11.9 Å². The third-order valence-corrected chi connectivity index (χ3v) is 3.20. The van der Waals surface area contributed by atoms with Crippen LogP contribution < -0.4 is 10.1 Å². The molecule has 1 heterocycles. The number of nitrogens with one attached hydrogen (secondary N) is 1. The maximum atomic E-state index is 13.7. The fourth-order valence-electron chi connectivity index (χ4n) is 1.92. The number of halogens is 1. The van der Waals surface area contributed by atoms with Gasteiger partial charge in [0.25, 0.3) is 5.91 Å². The minimum absolute atomic E-state index is 0.181. The number of hydrogen-bond donors (Lipinski definition) is 1. The number of ether oxygens (including phenoxy) is 1. The van der Waals surface area contributed by atoms with Crippen LogP contribution >= 0.6 is 0 Å². The lowest BCUT2D eigenvalue weighted by atomic mass is 10.1. The maximum absolute atomic E-state index is 13.7. The van der Waals surface area contributed by atoms with Gasteiger partial charge in [0.05, 0.1) is 18.7 Å². The fraction of sp³-hybridized carbons (Fsp3) is 0.250. The van der Waals surface area contributed by atoms with Gasteiger partial charge in [0.15, 0.2) is 11.6 Å². The van der Waals surface area contributed by atoms with Crippen molar-refractivity contribution in [2.75, 3.05) is 7.11 Å². The fourth-order valence-corrected chi connectivity index (χ4v) is 1.92. The van der Waals surface area contributed by atoms with E-state index < -0.39 is 5.82 Å². The highest BCUT2D eigenvalue weighted by Gasteiger charge is 2.13. The lowest BCUT2D eigenvalue weighted by Crippen LogP contribution is -2.26. The van der Waals surface area contributed by atoms with Gasteiger partial charge < -0.3 is 10.1 Å². The summed E-state index contributed by atoms with van der Waals surface area (Å²) >= 11 is 0. The van der Waals surface area contributed by atoms with E-state index in [2.05, 4.69) is 10.3 Å². The molecule has 0 radical (unpaired) electrons. The van der Waals surface area contributed by atoms with Crippen LogP contribution in [0.5, 0.6) is 5.75 Å². The minimum atomic E-state index is -0.451. The van der Waals surface area contributed by atoms with Crippen molar-refractivity contribution in [1.29, 1.82) is 0 Å². The molecule has 0 bridgehead atoms. The van der Waals surface area contributed by atoms with Crippen LogP contribution in [0.15, 0.2) is 36.5 Å². The predicted octanol–water partition coefficient (Wildman–Crippen LogP) is 3.03. The molecular formula is C16H17FN2O2. The summed E-state index contributed by atoms with van der Waals surface area (Å²) in [7, 11) is 1.41. The van der Waals surface area contributed by atoms with Crippen LogP contribution in [0.4, 0.5) is 4.39 Å². The number of carbonyl (C=O) groups is 1. The molecule has 0 aliphatic rings. The third kappa shape index (κ3) is 3.56. The van der Waals surface area contributed by atoms with Gasteiger partial charge in [-0.3, -0.25) is 9.78 Å². The zero-order valence-electron chi connectivity index (χ0n) is 12.2. The second-order valence-corrected chi connectivity index (χ2v) is 4.78. The van der Waals surface area contributed by atoms with Gasteiger partial charge in [-0.05, 0) is 43.7 Å². The molecule has 1 amide bonds. The Kier molecular flexibility index (Phi) is 4.52. The summed E-state index contributed by atoms with van der Waals surface area (Å²) in [4.78, 5) is 16.2. The molecule has 2 aromatic rings. The van der Waals surface area contributed by atoms with E-state index in [9.17, 15) is 9.18 Å². The maximum Gasteiger partial charge on any atom is 0.253 e. The zero-order chi connectivity index (χ0) is 15.4. The van der Waals surface area contributed by atoms with Crippen molar-refractivity contribution in [3.05, 3.63) is 59.2 Å². The van der Waals surface area contributed by atoms with E-state index in [4.69, 9.17) is 4.74 Å². The number of amides is 1. The number of pyridine rings is 1. The van der Waals surface area contributed by atoms with Crippen LogP contribution in [-0.2, 0) is 0 Å². The quantitative estimate of drug-likeness (QED) is 0.940. The second kappa shape index (κ2) is 6.35. The Morgan fingerprint density at radius 1 is 1.33 bits per heavy atom. The van der Waals surface area contributed by atoms with Crippen molar-refractivity contribution in [2.24, 2.45) is 0 Å². The average molecular weight is 288 g/mol. The van der Waals surface area contributed by atoms with Crippen molar-refractivity contribution in [1.82, 2.24) is 10.3 Å². The van der Waals surface area contributed by atoms with Crippen molar-refractivity contribution in [3.63, 3.8) is 0 Å². The van der Waals surface area contributed by atoms with Gasteiger partial charge in [-0.2, -0.15) is 0 Å². The average Bonchev–Trinajstić information content (AvgIpc) is 2.47. The molecule has 1 unspecified atom stereocenters. The van der Waals surface area contributed by atoms with Crippen molar-refractivity contribution in [3.8, 4) is 5.75 Å². The molecule has 0 saturated heterocycles. The van der Waals surface area contributed by atoms with E-state index in [1.165, 1.54) is 19.4 Å². The number of hydrogen-bond acceptors (Lipinski definition) is 3. The molecule has 1 aromatic heterocycles. The van der Waals surface area contributed by atoms with Crippen molar-refractivity contribution in [2.45, 2.75) is 19.9 Å². The molecule has 1 atom stereocenters. The van der Waals surface area contributed by atoms with Gasteiger partial charge >= 0.3 is 0 Å². The summed E-state index contributed by atoms with van der Waals surface area (Å²) in [6.07, 6.45) is 1.52. The van der Waals surface area contributed by atoms with Crippen LogP contribution in [0.1, 0.15) is 34.6 Å². The summed E-state index contributed by atoms with van der Waals surface area (Å²) < 4.78 is 18.5. The Morgan fingerprint density at radius 3 is 2.67 bits per heavy atom. The van der Waals surface area contributed by atoms with Gasteiger partial charge in [-0.1, -0.05) is 6.07 Å². The third-order valence-electron chi connectivity index (χ3n) is 3.20. The molecule has 1 aromatic carbocycles. The van der Waals surface area contributed by atoms with Crippen LogP contribution in [0.3, 0.4) is 0 Å². The smallest absolute Gasteiger partial charge is 0.253 e. The number of benzene rings is 1. The SMILES string of the molecule is COc1ccc(C(C)NC(=O)c2ccc(C)nc2)cc1F.